The van der Waals surface area contributed by atoms with Gasteiger partial charge in [-0.25, -0.2) is 0 Å². The molecule has 1 amide bonds. The Kier molecular flexibility index (Phi) is 5.02. The average Bonchev–Trinajstić information content (AvgIpc) is 2.95. The second kappa shape index (κ2) is 6.68. The maximum Gasteiger partial charge on any atom is 0.573 e. The van der Waals surface area contributed by atoms with Crippen LogP contribution in [0.2, 0.25) is 0 Å². The van der Waals surface area contributed by atoms with Crippen LogP contribution in [0.4, 0.5) is 13.2 Å². The number of alkyl halides is 3. The lowest BCUT2D eigenvalue weighted by Crippen LogP contribution is -2.48. The monoisotopic (exact) mass is 346 g/mol. The number of carbonyl (C=O) groups excluding carboxylic acids is 1. The van der Waals surface area contributed by atoms with Crippen molar-refractivity contribution in [1.29, 1.82) is 0 Å². The average molecular weight is 346 g/mol. The van der Waals surface area contributed by atoms with Crippen LogP contribution < -0.4 is 10.1 Å². The number of amides is 1. The molecule has 1 aromatic carbocycles. The Labute approximate surface area is 136 Å². The van der Waals surface area contributed by atoms with E-state index in [0.29, 0.717) is 12.1 Å². The highest BCUT2D eigenvalue weighted by molar-refractivity contribution is 6.02. The fraction of sp³-hybridized carbons (Fsp3) is 0.467. The second-order valence-electron chi connectivity index (χ2n) is 5.67. The van der Waals surface area contributed by atoms with Gasteiger partial charge in [0.2, 0.25) is 5.91 Å². The minimum atomic E-state index is -4.80. The molecule has 1 aromatic rings. The minimum Gasteiger partial charge on any atom is -0.480 e. The topological polar surface area (TPSA) is 78.9 Å². The first-order chi connectivity index (χ1) is 11.1. The molecule has 24 heavy (non-hydrogen) atoms. The van der Waals surface area contributed by atoms with E-state index in [2.05, 4.69) is 10.1 Å². The molecule has 0 bridgehead atoms. The number of hydrogen-bond acceptors (Lipinski definition) is 4. The molecule has 0 aromatic heterocycles. The number of aliphatic carboxylic acids is 1. The summed E-state index contributed by atoms with van der Waals surface area (Å²) in [6.45, 7) is 0.423. The summed E-state index contributed by atoms with van der Waals surface area (Å²) < 4.78 is 40.6. The molecule has 2 N–H and O–H groups in total. The molecule has 1 atom stereocenters. The zero-order chi connectivity index (χ0) is 18.0. The summed E-state index contributed by atoms with van der Waals surface area (Å²) in [5, 5.41) is 12.2. The van der Waals surface area contributed by atoms with Crippen LogP contribution in [0.25, 0.3) is 0 Å². The van der Waals surface area contributed by atoms with E-state index in [4.69, 9.17) is 0 Å². The molecule has 1 saturated heterocycles. The predicted molar refractivity (Wildman–Crippen MR) is 77.2 cm³/mol. The van der Waals surface area contributed by atoms with Gasteiger partial charge in [0.25, 0.3) is 0 Å². The first-order valence-corrected chi connectivity index (χ1v) is 7.18. The number of ether oxygens (including phenoxy) is 1. The second-order valence-corrected chi connectivity index (χ2v) is 5.67. The molecule has 9 heteroatoms. The summed E-state index contributed by atoms with van der Waals surface area (Å²) in [7, 11) is 1.42. The molecule has 2 rings (SSSR count). The van der Waals surface area contributed by atoms with Crippen LogP contribution >= 0.6 is 0 Å². The molecular formula is C15H17F3N2O4. The Morgan fingerprint density at radius 2 is 2.12 bits per heavy atom. The molecule has 1 fully saturated rings. The molecule has 132 valence electrons. The molecule has 0 aliphatic carbocycles. The Bertz CT molecular complexity index is 627. The van der Waals surface area contributed by atoms with Gasteiger partial charge in [-0.1, -0.05) is 12.1 Å². The minimum absolute atomic E-state index is 0.0249. The van der Waals surface area contributed by atoms with E-state index in [1.54, 1.807) is 0 Å². The van der Waals surface area contributed by atoms with Gasteiger partial charge < -0.3 is 20.1 Å². The van der Waals surface area contributed by atoms with Crippen molar-refractivity contribution in [2.45, 2.75) is 19.3 Å². The number of carboxylic acids is 1. The van der Waals surface area contributed by atoms with Crippen molar-refractivity contribution >= 4 is 11.9 Å². The summed E-state index contributed by atoms with van der Waals surface area (Å²) in [5.41, 5.74) is -1.13. The van der Waals surface area contributed by atoms with Gasteiger partial charge >= 0.3 is 12.3 Å². The van der Waals surface area contributed by atoms with Gasteiger partial charge in [0.05, 0.1) is 0 Å². The highest BCUT2D eigenvalue weighted by Gasteiger charge is 2.49. The molecule has 1 aliphatic rings. The molecule has 0 radical (unpaired) electrons. The van der Waals surface area contributed by atoms with Gasteiger partial charge in [0.15, 0.2) is 5.41 Å². The van der Waals surface area contributed by atoms with Crippen molar-refractivity contribution in [3.05, 3.63) is 29.8 Å². The number of hydrogen-bond donors (Lipinski definition) is 2. The smallest absolute Gasteiger partial charge is 0.480 e. The van der Waals surface area contributed by atoms with E-state index in [0.717, 1.165) is 12.1 Å². The van der Waals surface area contributed by atoms with E-state index < -0.39 is 29.4 Å². The van der Waals surface area contributed by atoms with Crippen LogP contribution in [-0.4, -0.2) is 48.4 Å². The van der Waals surface area contributed by atoms with E-state index in [-0.39, 0.29) is 19.5 Å². The fourth-order valence-corrected chi connectivity index (χ4v) is 2.70. The quantitative estimate of drug-likeness (QED) is 0.792. The van der Waals surface area contributed by atoms with Crippen molar-refractivity contribution in [3.8, 4) is 5.75 Å². The van der Waals surface area contributed by atoms with Crippen molar-refractivity contribution < 1.29 is 32.6 Å². The van der Waals surface area contributed by atoms with Crippen molar-refractivity contribution in [2.24, 2.45) is 5.41 Å². The molecule has 1 heterocycles. The summed E-state index contributed by atoms with van der Waals surface area (Å²) in [5.74, 6) is -2.18. The molecule has 6 nitrogen and oxygen atoms in total. The SMILES string of the molecule is CN(Cc1cccc(OC(F)(F)F)c1)C(=O)C1(C(=O)O)CCNC1. The lowest BCUT2D eigenvalue weighted by atomic mass is 9.85. The first-order valence-electron chi connectivity index (χ1n) is 7.18. The Balaban J connectivity index is 2.11. The number of halogens is 3. The Morgan fingerprint density at radius 3 is 2.67 bits per heavy atom. The third kappa shape index (κ3) is 3.97. The van der Waals surface area contributed by atoms with Crippen molar-refractivity contribution in [3.63, 3.8) is 0 Å². The maximum atomic E-state index is 12.5. The number of nitrogens with zero attached hydrogens (tertiary/aromatic N) is 1. The highest BCUT2D eigenvalue weighted by Crippen LogP contribution is 2.29. The van der Waals surface area contributed by atoms with Gasteiger partial charge in [-0.05, 0) is 30.7 Å². The molecule has 0 saturated carbocycles. The number of carboxylic acid groups (broad SMARTS) is 1. The van der Waals surface area contributed by atoms with E-state index in [9.17, 15) is 27.9 Å². The van der Waals surface area contributed by atoms with E-state index in [1.807, 2.05) is 0 Å². The van der Waals surface area contributed by atoms with Gasteiger partial charge in [-0.3, -0.25) is 9.59 Å². The van der Waals surface area contributed by atoms with Gasteiger partial charge in [-0.15, -0.1) is 13.2 Å². The normalized spacial score (nSPS) is 20.7. The largest absolute Gasteiger partial charge is 0.573 e. The van der Waals surface area contributed by atoms with Crippen molar-refractivity contribution in [1.82, 2.24) is 10.2 Å². The number of nitrogens with one attached hydrogen (secondary N) is 1. The van der Waals surface area contributed by atoms with Crippen LogP contribution in [0.3, 0.4) is 0 Å². The predicted octanol–water partition coefficient (Wildman–Crippen LogP) is 1.61. The van der Waals surface area contributed by atoms with Crippen LogP contribution in [0.1, 0.15) is 12.0 Å². The van der Waals surface area contributed by atoms with Crippen LogP contribution in [0.5, 0.6) is 5.75 Å². The summed E-state index contributed by atoms with van der Waals surface area (Å²) >= 11 is 0. The third-order valence-electron chi connectivity index (χ3n) is 3.87. The van der Waals surface area contributed by atoms with E-state index >= 15 is 0 Å². The summed E-state index contributed by atoms with van der Waals surface area (Å²) in [6.07, 6.45) is -4.63. The molecule has 0 spiro atoms. The lowest BCUT2D eigenvalue weighted by molar-refractivity contribution is -0.274. The number of carbonyl (C=O) groups is 2. The van der Waals surface area contributed by atoms with Crippen LogP contribution in [0, 0.1) is 5.41 Å². The molecular weight excluding hydrogens is 329 g/mol. The van der Waals surface area contributed by atoms with E-state index in [1.165, 1.54) is 24.1 Å². The summed E-state index contributed by atoms with van der Waals surface area (Å²) in [6, 6.07) is 5.22. The number of rotatable bonds is 5. The molecule has 1 aliphatic heterocycles. The van der Waals surface area contributed by atoms with Crippen LogP contribution in [0.15, 0.2) is 24.3 Å². The summed E-state index contributed by atoms with van der Waals surface area (Å²) in [4.78, 5) is 25.2. The fourth-order valence-electron chi connectivity index (χ4n) is 2.70. The van der Waals surface area contributed by atoms with Crippen LogP contribution in [-0.2, 0) is 16.1 Å². The lowest BCUT2D eigenvalue weighted by Gasteiger charge is -2.28. The zero-order valence-electron chi connectivity index (χ0n) is 12.9. The van der Waals surface area contributed by atoms with Gasteiger partial charge in [0, 0.05) is 20.1 Å². The maximum absolute atomic E-state index is 12.5. The van der Waals surface area contributed by atoms with Gasteiger partial charge in [0.1, 0.15) is 5.75 Å². The number of benzene rings is 1. The van der Waals surface area contributed by atoms with Crippen molar-refractivity contribution in [2.75, 3.05) is 20.1 Å². The highest BCUT2D eigenvalue weighted by atomic mass is 19.4. The zero-order valence-corrected chi connectivity index (χ0v) is 12.9. The Morgan fingerprint density at radius 1 is 1.42 bits per heavy atom. The Hall–Kier alpha value is -2.29. The third-order valence-corrected chi connectivity index (χ3v) is 3.87. The standard InChI is InChI=1S/C15H17F3N2O4/c1-20(12(21)14(13(22)23)5-6-19-9-14)8-10-3-2-4-11(7-10)24-15(16,17)18/h2-4,7,19H,5-6,8-9H2,1H3,(H,22,23). The van der Waals surface area contributed by atoms with Gasteiger partial charge in [-0.2, -0.15) is 0 Å². The molecule has 1 unspecified atom stereocenters. The first kappa shape index (κ1) is 18.1.